The van der Waals surface area contributed by atoms with Crippen molar-refractivity contribution >= 4 is 15.7 Å². The van der Waals surface area contributed by atoms with Crippen molar-refractivity contribution in [2.24, 2.45) is 0 Å². The van der Waals surface area contributed by atoms with Gasteiger partial charge in [0.1, 0.15) is 5.82 Å². The van der Waals surface area contributed by atoms with Gasteiger partial charge in [0.2, 0.25) is 10.0 Å². The van der Waals surface area contributed by atoms with Crippen molar-refractivity contribution in [2.45, 2.75) is 12.8 Å². The van der Waals surface area contributed by atoms with Gasteiger partial charge in [0.25, 0.3) is 0 Å². The minimum Gasteiger partial charge on any atom is -0.396 e. The molecule has 1 heterocycles. The number of sulfonamides is 1. The van der Waals surface area contributed by atoms with Gasteiger partial charge in [0, 0.05) is 13.2 Å². The molecule has 0 amide bonds. The third-order valence-electron chi connectivity index (χ3n) is 2.80. The molecule has 0 saturated carbocycles. The normalized spacial score (nSPS) is 15.1. The Hall–Kier alpha value is -1.14. The van der Waals surface area contributed by atoms with E-state index in [1.54, 1.807) is 6.07 Å². The molecule has 17 heavy (non-hydrogen) atoms. The molecule has 0 aromatic heterocycles. The summed E-state index contributed by atoms with van der Waals surface area (Å²) in [6, 6.07) is 4.20. The maximum Gasteiger partial charge on any atom is 0.235 e. The van der Waals surface area contributed by atoms with Crippen LogP contribution in [0.3, 0.4) is 0 Å². The lowest BCUT2D eigenvalue weighted by atomic mass is 10.2. The number of hydrogen-bond donors (Lipinski definition) is 1. The molecule has 1 aromatic carbocycles. The Kier molecular flexibility index (Phi) is 3.35. The van der Waals surface area contributed by atoms with Gasteiger partial charge in [-0.05, 0) is 30.5 Å². The van der Waals surface area contributed by atoms with Crippen molar-refractivity contribution < 1.29 is 17.9 Å². The number of aliphatic hydroxyl groups is 1. The van der Waals surface area contributed by atoms with Crippen molar-refractivity contribution in [3.8, 4) is 0 Å². The summed E-state index contributed by atoms with van der Waals surface area (Å²) in [6.45, 7) is 0.190. The van der Waals surface area contributed by atoms with Crippen LogP contribution in [0.25, 0.3) is 0 Å². The predicted octanol–water partition coefficient (Wildman–Crippen LogP) is 0.900. The van der Waals surface area contributed by atoms with Gasteiger partial charge < -0.3 is 5.11 Å². The van der Waals surface area contributed by atoms with Crippen molar-refractivity contribution in [2.75, 3.05) is 23.2 Å². The third kappa shape index (κ3) is 2.42. The number of fused-ring (bicyclic) bond motifs is 1. The van der Waals surface area contributed by atoms with E-state index in [0.29, 0.717) is 18.7 Å². The first-order chi connectivity index (χ1) is 8.04. The van der Waals surface area contributed by atoms with Gasteiger partial charge in [-0.2, -0.15) is 0 Å². The average Bonchev–Trinajstić information content (AvgIpc) is 2.70. The molecular weight excluding hydrogens is 245 g/mol. The van der Waals surface area contributed by atoms with E-state index in [0.717, 1.165) is 5.56 Å². The second-order valence-corrected chi connectivity index (χ2v) is 6.00. The van der Waals surface area contributed by atoms with E-state index < -0.39 is 15.8 Å². The van der Waals surface area contributed by atoms with E-state index in [1.807, 2.05) is 0 Å². The summed E-state index contributed by atoms with van der Waals surface area (Å²) in [4.78, 5) is 0. The fraction of sp³-hybridized carbons (Fsp3) is 0.455. The van der Waals surface area contributed by atoms with E-state index in [2.05, 4.69) is 0 Å². The van der Waals surface area contributed by atoms with Gasteiger partial charge in [-0.15, -0.1) is 0 Å². The summed E-state index contributed by atoms with van der Waals surface area (Å²) in [5, 5.41) is 8.67. The Balaban J connectivity index is 2.30. The molecule has 1 N–H and O–H groups in total. The molecule has 0 aliphatic carbocycles. The van der Waals surface area contributed by atoms with Crippen LogP contribution >= 0.6 is 0 Å². The van der Waals surface area contributed by atoms with Crippen LogP contribution in [0.1, 0.15) is 12.0 Å². The zero-order valence-corrected chi connectivity index (χ0v) is 10.1. The van der Waals surface area contributed by atoms with Crippen LogP contribution < -0.4 is 4.31 Å². The zero-order valence-electron chi connectivity index (χ0n) is 9.26. The first-order valence-corrected chi connectivity index (χ1v) is 7.05. The van der Waals surface area contributed by atoms with Gasteiger partial charge in [0.05, 0.1) is 11.4 Å². The zero-order chi connectivity index (χ0) is 12.5. The molecule has 1 aromatic rings. The number of aliphatic hydroxyl groups excluding tert-OH is 1. The molecule has 0 unspecified atom stereocenters. The number of rotatable bonds is 4. The number of hydrogen-bond acceptors (Lipinski definition) is 3. The van der Waals surface area contributed by atoms with Crippen LogP contribution in [0.2, 0.25) is 0 Å². The first-order valence-electron chi connectivity index (χ1n) is 5.44. The Morgan fingerprint density at radius 2 is 2.18 bits per heavy atom. The number of nitrogens with zero attached hydrogens (tertiary/aromatic N) is 1. The SMILES string of the molecule is O=S(=O)(CCCO)N1CCc2ccc(F)cc21. The highest BCUT2D eigenvalue weighted by Crippen LogP contribution is 2.31. The quantitative estimate of drug-likeness (QED) is 0.874. The van der Waals surface area contributed by atoms with Crippen LogP contribution in [0.4, 0.5) is 10.1 Å². The van der Waals surface area contributed by atoms with Crippen molar-refractivity contribution in [3.63, 3.8) is 0 Å². The second kappa shape index (κ2) is 4.62. The third-order valence-corrected chi connectivity index (χ3v) is 4.65. The molecule has 6 heteroatoms. The van der Waals surface area contributed by atoms with Crippen molar-refractivity contribution in [1.29, 1.82) is 0 Å². The molecule has 0 spiro atoms. The average molecular weight is 259 g/mol. The smallest absolute Gasteiger partial charge is 0.235 e. The van der Waals surface area contributed by atoms with E-state index in [4.69, 9.17) is 5.11 Å². The van der Waals surface area contributed by atoms with Crippen molar-refractivity contribution in [3.05, 3.63) is 29.6 Å². The fourth-order valence-electron chi connectivity index (χ4n) is 1.97. The predicted molar refractivity (Wildman–Crippen MR) is 62.9 cm³/mol. The monoisotopic (exact) mass is 259 g/mol. The summed E-state index contributed by atoms with van der Waals surface area (Å²) in [6.07, 6.45) is 0.803. The first kappa shape index (κ1) is 12.3. The Morgan fingerprint density at radius 3 is 2.88 bits per heavy atom. The van der Waals surface area contributed by atoms with E-state index in [-0.39, 0.29) is 18.8 Å². The molecule has 94 valence electrons. The highest BCUT2D eigenvalue weighted by atomic mass is 32.2. The van der Waals surface area contributed by atoms with Crippen LogP contribution in [0.15, 0.2) is 18.2 Å². The Morgan fingerprint density at radius 1 is 1.41 bits per heavy atom. The van der Waals surface area contributed by atoms with Gasteiger partial charge in [0.15, 0.2) is 0 Å². The van der Waals surface area contributed by atoms with Gasteiger partial charge in [-0.25, -0.2) is 12.8 Å². The molecule has 0 saturated heterocycles. The standard InChI is InChI=1S/C11H14FNO3S/c12-10-3-2-9-4-5-13(11(9)8-10)17(15,16)7-1-6-14/h2-3,8,14H,1,4-7H2. The Bertz CT molecular complexity index is 515. The molecule has 4 nitrogen and oxygen atoms in total. The van der Waals surface area contributed by atoms with Gasteiger partial charge >= 0.3 is 0 Å². The molecular formula is C11H14FNO3S. The molecule has 0 fully saturated rings. The number of anilines is 1. The lowest BCUT2D eigenvalue weighted by Crippen LogP contribution is -2.31. The van der Waals surface area contributed by atoms with E-state index in [9.17, 15) is 12.8 Å². The molecule has 0 atom stereocenters. The second-order valence-electron chi connectivity index (χ2n) is 3.99. The van der Waals surface area contributed by atoms with Crippen LogP contribution in [0, 0.1) is 5.82 Å². The highest BCUT2D eigenvalue weighted by Gasteiger charge is 2.29. The Labute approximate surface area is 99.7 Å². The number of benzene rings is 1. The molecule has 1 aliphatic heterocycles. The minimum atomic E-state index is -3.45. The summed E-state index contributed by atoms with van der Waals surface area (Å²) < 4.78 is 38.3. The summed E-state index contributed by atoms with van der Waals surface area (Å²) in [5.74, 6) is -0.549. The largest absolute Gasteiger partial charge is 0.396 e. The number of halogens is 1. The summed E-state index contributed by atoms with van der Waals surface area (Å²) in [7, 11) is -3.45. The highest BCUT2D eigenvalue weighted by molar-refractivity contribution is 7.92. The lowest BCUT2D eigenvalue weighted by molar-refractivity contribution is 0.295. The van der Waals surface area contributed by atoms with Crippen molar-refractivity contribution in [1.82, 2.24) is 0 Å². The molecule has 0 bridgehead atoms. The molecule has 0 radical (unpaired) electrons. The topological polar surface area (TPSA) is 57.6 Å². The van der Waals surface area contributed by atoms with Crippen LogP contribution in [-0.2, 0) is 16.4 Å². The van der Waals surface area contributed by atoms with E-state index in [1.165, 1.54) is 16.4 Å². The van der Waals surface area contributed by atoms with E-state index >= 15 is 0 Å². The van der Waals surface area contributed by atoms with Crippen LogP contribution in [-0.4, -0.2) is 32.4 Å². The maximum absolute atomic E-state index is 13.1. The summed E-state index contributed by atoms with van der Waals surface area (Å²) >= 11 is 0. The lowest BCUT2D eigenvalue weighted by Gasteiger charge is -2.19. The maximum atomic E-state index is 13.1. The fourth-order valence-corrected chi connectivity index (χ4v) is 3.52. The molecule has 1 aliphatic rings. The van der Waals surface area contributed by atoms with Crippen LogP contribution in [0.5, 0.6) is 0 Å². The minimum absolute atomic E-state index is 0.112. The molecule has 2 rings (SSSR count). The van der Waals surface area contributed by atoms with Gasteiger partial charge in [-0.3, -0.25) is 4.31 Å². The van der Waals surface area contributed by atoms with Gasteiger partial charge in [-0.1, -0.05) is 6.07 Å². The summed E-state index contributed by atoms with van der Waals surface area (Å²) in [5.41, 5.74) is 1.28.